The Labute approximate surface area is 137 Å². The van der Waals surface area contributed by atoms with Crippen LogP contribution in [0.5, 0.6) is 5.75 Å². The summed E-state index contributed by atoms with van der Waals surface area (Å²) < 4.78 is 18.6. The molecule has 0 saturated heterocycles. The Kier molecular flexibility index (Phi) is 4.73. The summed E-state index contributed by atoms with van der Waals surface area (Å²) >= 11 is 7.65. The number of nitro benzene ring substituents is 1. The molecule has 2 rings (SSSR count). The lowest BCUT2D eigenvalue weighted by Gasteiger charge is -2.07. The van der Waals surface area contributed by atoms with Crippen molar-refractivity contribution in [1.29, 1.82) is 0 Å². The summed E-state index contributed by atoms with van der Waals surface area (Å²) in [5.74, 6) is -2.02. The van der Waals surface area contributed by atoms with Gasteiger partial charge in [-0.3, -0.25) is 10.1 Å². The molecule has 0 fully saturated rings. The van der Waals surface area contributed by atoms with Crippen LogP contribution in [0, 0.1) is 19.5 Å². The van der Waals surface area contributed by atoms with E-state index in [9.17, 15) is 19.3 Å². The fourth-order valence-electron chi connectivity index (χ4n) is 1.53. The summed E-state index contributed by atoms with van der Waals surface area (Å²) in [6.45, 7) is 0. The highest BCUT2D eigenvalue weighted by molar-refractivity contribution is 14.1. The number of esters is 1. The highest BCUT2D eigenvalue weighted by Crippen LogP contribution is 2.29. The molecule has 0 unspecified atom stereocenters. The maximum atomic E-state index is 13.2. The molecule has 0 saturated carbocycles. The molecule has 8 heteroatoms. The molecule has 2 aromatic rings. The fraction of sp³-hybridized carbons (Fsp3) is 0. The van der Waals surface area contributed by atoms with Gasteiger partial charge in [0.2, 0.25) is 5.75 Å². The van der Waals surface area contributed by atoms with Crippen molar-refractivity contribution in [2.45, 2.75) is 0 Å². The summed E-state index contributed by atoms with van der Waals surface area (Å²) in [5.41, 5.74) is -0.313. The molecule has 0 aliphatic carbocycles. The van der Waals surface area contributed by atoms with Crippen molar-refractivity contribution in [3.05, 3.63) is 66.5 Å². The van der Waals surface area contributed by atoms with Crippen LogP contribution < -0.4 is 4.74 Å². The number of nitrogens with zero attached hydrogens (tertiary/aromatic N) is 1. The first kappa shape index (κ1) is 15.6. The number of halogens is 3. The standard InChI is InChI=1S/C13H6ClFINO4/c14-7-1-3-9(10(16)5-7)13(18)21-12-6-8(15)2-4-11(12)17(19)20/h1-6H. The molecule has 2 aromatic carbocycles. The molecule has 0 spiro atoms. The van der Waals surface area contributed by atoms with E-state index in [1.54, 1.807) is 6.07 Å². The second-order valence-electron chi connectivity index (χ2n) is 3.88. The van der Waals surface area contributed by atoms with Crippen LogP contribution in [-0.2, 0) is 0 Å². The Hall–Kier alpha value is -1.74. The molecule has 0 bridgehead atoms. The normalized spacial score (nSPS) is 10.2. The van der Waals surface area contributed by atoms with Gasteiger partial charge in [0, 0.05) is 20.7 Å². The first-order valence-corrected chi connectivity index (χ1v) is 6.95. The molecule has 0 aliphatic heterocycles. The van der Waals surface area contributed by atoms with Crippen LogP contribution in [0.15, 0.2) is 36.4 Å². The monoisotopic (exact) mass is 421 g/mol. The largest absolute Gasteiger partial charge is 0.415 e. The summed E-state index contributed by atoms with van der Waals surface area (Å²) in [5, 5.41) is 11.3. The summed E-state index contributed by atoms with van der Waals surface area (Å²) in [7, 11) is 0. The van der Waals surface area contributed by atoms with Crippen molar-refractivity contribution in [1.82, 2.24) is 0 Å². The number of carbonyl (C=O) groups is 1. The van der Waals surface area contributed by atoms with Gasteiger partial charge in [0.25, 0.3) is 0 Å². The van der Waals surface area contributed by atoms with Crippen LogP contribution in [0.2, 0.25) is 5.02 Å². The highest BCUT2D eigenvalue weighted by atomic mass is 127. The molecule has 5 nitrogen and oxygen atoms in total. The van der Waals surface area contributed by atoms with Gasteiger partial charge in [-0.15, -0.1) is 0 Å². The van der Waals surface area contributed by atoms with Crippen molar-refractivity contribution >= 4 is 45.8 Å². The number of ether oxygens (including phenoxy) is 1. The van der Waals surface area contributed by atoms with Crippen LogP contribution in [0.4, 0.5) is 10.1 Å². The third kappa shape index (κ3) is 3.67. The van der Waals surface area contributed by atoms with Crippen molar-refractivity contribution in [2.75, 3.05) is 0 Å². The van der Waals surface area contributed by atoms with Gasteiger partial charge in [0.1, 0.15) is 5.82 Å². The van der Waals surface area contributed by atoms with Crippen LogP contribution >= 0.6 is 34.2 Å². The van der Waals surface area contributed by atoms with E-state index < -0.39 is 28.1 Å². The average molecular weight is 422 g/mol. The summed E-state index contributed by atoms with van der Waals surface area (Å²) in [4.78, 5) is 22.1. The molecule has 108 valence electrons. The topological polar surface area (TPSA) is 69.4 Å². The number of hydrogen-bond acceptors (Lipinski definition) is 4. The van der Waals surface area contributed by atoms with E-state index in [0.29, 0.717) is 8.59 Å². The van der Waals surface area contributed by atoms with Gasteiger partial charge in [-0.05, 0) is 46.9 Å². The fourth-order valence-corrected chi connectivity index (χ4v) is 2.62. The van der Waals surface area contributed by atoms with E-state index in [-0.39, 0.29) is 5.56 Å². The lowest BCUT2D eigenvalue weighted by atomic mass is 10.2. The predicted molar refractivity (Wildman–Crippen MR) is 82.2 cm³/mol. The van der Waals surface area contributed by atoms with Gasteiger partial charge in [-0.2, -0.15) is 0 Å². The maximum absolute atomic E-state index is 13.2. The molecule has 21 heavy (non-hydrogen) atoms. The van der Waals surface area contributed by atoms with Gasteiger partial charge in [-0.1, -0.05) is 11.6 Å². The minimum Gasteiger partial charge on any atom is -0.415 e. The van der Waals surface area contributed by atoms with E-state index in [1.807, 2.05) is 22.6 Å². The van der Waals surface area contributed by atoms with E-state index in [4.69, 9.17) is 16.3 Å². The second-order valence-corrected chi connectivity index (χ2v) is 5.48. The summed E-state index contributed by atoms with van der Waals surface area (Å²) in [6.07, 6.45) is 0. The summed E-state index contributed by atoms with van der Waals surface area (Å²) in [6, 6.07) is 7.10. The highest BCUT2D eigenvalue weighted by Gasteiger charge is 2.21. The number of benzene rings is 2. The van der Waals surface area contributed by atoms with E-state index in [1.165, 1.54) is 12.1 Å². The Morgan fingerprint density at radius 2 is 2.00 bits per heavy atom. The van der Waals surface area contributed by atoms with Crippen molar-refractivity contribution in [3.63, 3.8) is 0 Å². The van der Waals surface area contributed by atoms with Gasteiger partial charge in [-0.25, -0.2) is 9.18 Å². The van der Waals surface area contributed by atoms with E-state index in [0.717, 1.165) is 18.2 Å². The molecule has 0 aromatic heterocycles. The molecule has 0 aliphatic rings. The van der Waals surface area contributed by atoms with Crippen LogP contribution in [0.3, 0.4) is 0 Å². The third-order valence-electron chi connectivity index (χ3n) is 2.47. The smallest absolute Gasteiger partial charge is 0.344 e. The minimum absolute atomic E-state index is 0.179. The number of rotatable bonds is 3. The Bertz CT molecular complexity index is 738. The lowest BCUT2D eigenvalue weighted by molar-refractivity contribution is -0.385. The zero-order chi connectivity index (χ0) is 15.6. The van der Waals surface area contributed by atoms with Gasteiger partial charge >= 0.3 is 11.7 Å². The van der Waals surface area contributed by atoms with Crippen molar-refractivity contribution in [2.24, 2.45) is 0 Å². The molecular weight excluding hydrogens is 416 g/mol. The Balaban J connectivity index is 2.35. The zero-order valence-corrected chi connectivity index (χ0v) is 13.1. The first-order valence-electron chi connectivity index (χ1n) is 5.49. The molecule has 0 N–H and O–H groups in total. The number of carbonyl (C=O) groups excluding carboxylic acids is 1. The SMILES string of the molecule is O=C(Oc1cc(F)ccc1[N+](=O)[O-])c1ccc(Cl)cc1I. The quantitative estimate of drug-likeness (QED) is 0.245. The Morgan fingerprint density at radius 1 is 1.29 bits per heavy atom. The van der Waals surface area contributed by atoms with Crippen LogP contribution in [-0.4, -0.2) is 10.9 Å². The van der Waals surface area contributed by atoms with E-state index in [2.05, 4.69) is 0 Å². The lowest BCUT2D eigenvalue weighted by Crippen LogP contribution is -2.11. The molecule has 0 radical (unpaired) electrons. The first-order chi connectivity index (χ1) is 9.88. The molecule has 0 heterocycles. The van der Waals surface area contributed by atoms with Gasteiger partial charge in [0.15, 0.2) is 0 Å². The molecule has 0 amide bonds. The van der Waals surface area contributed by atoms with Crippen LogP contribution in [0.1, 0.15) is 10.4 Å². The average Bonchev–Trinajstić information content (AvgIpc) is 2.37. The van der Waals surface area contributed by atoms with Crippen molar-refractivity contribution < 1.29 is 18.8 Å². The number of nitro groups is 1. The zero-order valence-electron chi connectivity index (χ0n) is 10.2. The maximum Gasteiger partial charge on any atom is 0.344 e. The van der Waals surface area contributed by atoms with Gasteiger partial charge in [0.05, 0.1) is 10.5 Å². The van der Waals surface area contributed by atoms with Gasteiger partial charge < -0.3 is 4.74 Å². The Morgan fingerprint density at radius 3 is 2.62 bits per heavy atom. The molecular formula is C13H6ClFINO4. The number of hydrogen-bond donors (Lipinski definition) is 0. The minimum atomic E-state index is -0.829. The van der Waals surface area contributed by atoms with E-state index >= 15 is 0 Å². The van der Waals surface area contributed by atoms with Crippen LogP contribution in [0.25, 0.3) is 0 Å². The third-order valence-corrected chi connectivity index (χ3v) is 3.60. The van der Waals surface area contributed by atoms with Crippen molar-refractivity contribution in [3.8, 4) is 5.75 Å². The molecule has 0 atom stereocenters. The predicted octanol–water partition coefficient (Wildman–Crippen LogP) is 4.21. The second kappa shape index (κ2) is 6.35.